The monoisotopic (exact) mass is 216 g/mol. The largest absolute Gasteiger partial charge is 0.307 e. The van der Waals surface area contributed by atoms with Crippen molar-refractivity contribution in [3.8, 4) is 0 Å². The molecule has 0 spiro atoms. The van der Waals surface area contributed by atoms with Crippen LogP contribution in [0.2, 0.25) is 0 Å². The number of aromatic nitrogens is 1. The zero-order valence-corrected chi connectivity index (χ0v) is 7.61. The van der Waals surface area contributed by atoms with Crippen LogP contribution in [0, 0.1) is 17.0 Å². The molecule has 0 saturated carbocycles. The van der Waals surface area contributed by atoms with Crippen molar-refractivity contribution in [2.24, 2.45) is 0 Å². The van der Waals surface area contributed by atoms with E-state index in [-0.39, 0.29) is 11.8 Å². The van der Waals surface area contributed by atoms with Crippen LogP contribution in [0.1, 0.15) is 28.0 Å². The molecule has 0 radical (unpaired) electrons. The van der Waals surface area contributed by atoms with Gasteiger partial charge in [-0.05, 0) is 12.5 Å². The Morgan fingerprint density at radius 2 is 2.20 bits per heavy atom. The lowest BCUT2D eigenvalue weighted by Gasteiger charge is -2.05. The second kappa shape index (κ2) is 4.07. The van der Waals surface area contributed by atoms with Crippen LogP contribution in [0.25, 0.3) is 0 Å². The fourth-order valence-corrected chi connectivity index (χ4v) is 1.18. The van der Waals surface area contributed by atoms with E-state index in [1.807, 2.05) is 0 Å². The van der Waals surface area contributed by atoms with Gasteiger partial charge in [-0.25, -0.2) is 13.8 Å². The number of rotatable bonds is 3. The highest BCUT2D eigenvalue weighted by Gasteiger charge is 2.28. The molecule has 0 unspecified atom stereocenters. The lowest BCUT2D eigenvalue weighted by molar-refractivity contribution is -0.386. The summed E-state index contributed by atoms with van der Waals surface area (Å²) in [6, 6.07) is 0. The average Bonchev–Trinajstić information content (AvgIpc) is 2.16. The highest BCUT2D eigenvalue weighted by molar-refractivity contribution is 5.80. The van der Waals surface area contributed by atoms with Gasteiger partial charge in [0.15, 0.2) is 12.0 Å². The number of hydrogen-bond donors (Lipinski definition) is 0. The molecule has 0 fully saturated rings. The van der Waals surface area contributed by atoms with Crippen molar-refractivity contribution >= 4 is 12.0 Å². The molecule has 0 amide bonds. The smallest absolute Gasteiger partial charge is 0.296 e. The van der Waals surface area contributed by atoms with E-state index < -0.39 is 28.3 Å². The molecular weight excluding hydrogens is 210 g/mol. The third-order valence-corrected chi connectivity index (χ3v) is 1.83. The molecule has 15 heavy (non-hydrogen) atoms. The van der Waals surface area contributed by atoms with Crippen molar-refractivity contribution in [1.29, 1.82) is 0 Å². The SMILES string of the molecule is Cc1cnc(C=O)c([N+](=O)[O-])c1C(F)F. The van der Waals surface area contributed by atoms with Gasteiger partial charge in [-0.3, -0.25) is 14.9 Å². The predicted octanol–water partition coefficient (Wildman–Crippen LogP) is 2.05. The Hall–Kier alpha value is -1.92. The Labute approximate surface area is 82.9 Å². The number of aldehydes is 1. The summed E-state index contributed by atoms with van der Waals surface area (Å²) >= 11 is 0. The predicted molar refractivity (Wildman–Crippen MR) is 46.0 cm³/mol. The van der Waals surface area contributed by atoms with E-state index in [4.69, 9.17) is 0 Å². The van der Waals surface area contributed by atoms with Crippen LogP contribution >= 0.6 is 0 Å². The molecule has 5 nitrogen and oxygen atoms in total. The Morgan fingerprint density at radius 1 is 1.60 bits per heavy atom. The van der Waals surface area contributed by atoms with Crippen molar-refractivity contribution in [1.82, 2.24) is 4.98 Å². The van der Waals surface area contributed by atoms with Crippen LogP contribution in [0.3, 0.4) is 0 Å². The van der Waals surface area contributed by atoms with Gasteiger partial charge in [-0.2, -0.15) is 0 Å². The zero-order valence-electron chi connectivity index (χ0n) is 7.61. The number of pyridine rings is 1. The van der Waals surface area contributed by atoms with Gasteiger partial charge in [0.2, 0.25) is 0 Å². The van der Waals surface area contributed by atoms with E-state index in [1.165, 1.54) is 6.92 Å². The number of nitrogens with zero attached hydrogens (tertiary/aromatic N) is 2. The van der Waals surface area contributed by atoms with E-state index in [1.54, 1.807) is 0 Å². The Morgan fingerprint density at radius 3 is 2.60 bits per heavy atom. The summed E-state index contributed by atoms with van der Waals surface area (Å²) in [6.07, 6.45) is -1.91. The molecule has 1 aromatic rings. The normalized spacial score (nSPS) is 10.4. The molecule has 0 atom stereocenters. The van der Waals surface area contributed by atoms with Gasteiger partial charge in [0.05, 0.1) is 4.92 Å². The van der Waals surface area contributed by atoms with Crippen molar-refractivity contribution < 1.29 is 18.5 Å². The second-order valence-electron chi connectivity index (χ2n) is 2.76. The molecule has 0 saturated heterocycles. The lowest BCUT2D eigenvalue weighted by atomic mass is 10.1. The van der Waals surface area contributed by atoms with E-state index in [0.717, 1.165) is 6.20 Å². The standard InChI is InChI=1S/C8H6F2N2O3/c1-4-2-11-5(3-13)7(12(14)15)6(4)8(9)10/h2-3,8H,1H3. The molecule has 80 valence electrons. The first-order chi connectivity index (χ1) is 6.99. The molecule has 1 rings (SSSR count). The third-order valence-electron chi connectivity index (χ3n) is 1.83. The second-order valence-corrected chi connectivity index (χ2v) is 2.76. The summed E-state index contributed by atoms with van der Waals surface area (Å²) in [6.45, 7) is 1.27. The number of carbonyl (C=O) groups is 1. The number of carbonyl (C=O) groups excluding carboxylic acids is 1. The Kier molecular flexibility index (Phi) is 3.03. The van der Waals surface area contributed by atoms with Gasteiger partial charge in [0.1, 0.15) is 5.56 Å². The molecular formula is C8H6F2N2O3. The summed E-state index contributed by atoms with van der Waals surface area (Å²) in [5.41, 5.74) is -2.26. The molecule has 0 aliphatic carbocycles. The first-order valence-corrected chi connectivity index (χ1v) is 3.86. The minimum atomic E-state index is -3.01. The average molecular weight is 216 g/mol. The first kappa shape index (κ1) is 11.2. The first-order valence-electron chi connectivity index (χ1n) is 3.86. The highest BCUT2D eigenvalue weighted by Crippen LogP contribution is 2.32. The van der Waals surface area contributed by atoms with Crippen LogP contribution in [0.5, 0.6) is 0 Å². The van der Waals surface area contributed by atoms with E-state index in [2.05, 4.69) is 4.98 Å². The fourth-order valence-electron chi connectivity index (χ4n) is 1.18. The Balaban J connectivity index is 3.58. The summed E-state index contributed by atoms with van der Waals surface area (Å²) in [5.74, 6) is 0. The van der Waals surface area contributed by atoms with Crippen molar-refractivity contribution in [3.05, 3.63) is 33.1 Å². The molecule has 1 heterocycles. The van der Waals surface area contributed by atoms with Crippen LogP contribution in [-0.4, -0.2) is 16.2 Å². The number of hydrogen-bond acceptors (Lipinski definition) is 4. The van der Waals surface area contributed by atoms with Gasteiger partial charge in [-0.1, -0.05) is 0 Å². The van der Waals surface area contributed by atoms with Gasteiger partial charge in [0.25, 0.3) is 6.43 Å². The maximum atomic E-state index is 12.5. The molecule has 0 aliphatic heterocycles. The quantitative estimate of drug-likeness (QED) is 0.440. The van der Waals surface area contributed by atoms with Crippen LogP contribution in [-0.2, 0) is 0 Å². The Bertz CT molecular complexity index is 421. The van der Waals surface area contributed by atoms with Gasteiger partial charge in [0, 0.05) is 6.20 Å². The number of halogens is 2. The van der Waals surface area contributed by atoms with E-state index >= 15 is 0 Å². The van der Waals surface area contributed by atoms with Gasteiger partial charge >= 0.3 is 5.69 Å². The molecule has 7 heteroatoms. The van der Waals surface area contributed by atoms with Crippen molar-refractivity contribution in [3.63, 3.8) is 0 Å². The van der Waals surface area contributed by atoms with Gasteiger partial charge < -0.3 is 0 Å². The van der Waals surface area contributed by atoms with Crippen molar-refractivity contribution in [2.45, 2.75) is 13.3 Å². The molecule has 0 aromatic carbocycles. The van der Waals surface area contributed by atoms with E-state index in [9.17, 15) is 23.7 Å². The van der Waals surface area contributed by atoms with Crippen molar-refractivity contribution in [2.75, 3.05) is 0 Å². The minimum Gasteiger partial charge on any atom is -0.296 e. The summed E-state index contributed by atoms with van der Waals surface area (Å²) in [4.78, 5) is 23.3. The van der Waals surface area contributed by atoms with Crippen LogP contribution in [0.15, 0.2) is 6.20 Å². The topological polar surface area (TPSA) is 73.1 Å². The third kappa shape index (κ3) is 1.95. The lowest BCUT2D eigenvalue weighted by Crippen LogP contribution is -2.05. The zero-order chi connectivity index (χ0) is 11.6. The number of alkyl halides is 2. The van der Waals surface area contributed by atoms with Crippen LogP contribution < -0.4 is 0 Å². The summed E-state index contributed by atoms with van der Waals surface area (Å²) in [5, 5.41) is 10.5. The molecule has 0 aliphatic rings. The maximum absolute atomic E-state index is 12.5. The van der Waals surface area contributed by atoms with E-state index in [0.29, 0.717) is 0 Å². The summed E-state index contributed by atoms with van der Waals surface area (Å²) in [7, 11) is 0. The maximum Gasteiger partial charge on any atom is 0.307 e. The summed E-state index contributed by atoms with van der Waals surface area (Å²) < 4.78 is 25.0. The van der Waals surface area contributed by atoms with Crippen LogP contribution in [0.4, 0.5) is 14.5 Å². The fraction of sp³-hybridized carbons (Fsp3) is 0.250. The molecule has 0 bridgehead atoms. The van der Waals surface area contributed by atoms with Gasteiger partial charge in [-0.15, -0.1) is 0 Å². The minimum absolute atomic E-state index is 0.0118. The molecule has 0 N–H and O–H groups in total. The highest BCUT2D eigenvalue weighted by atomic mass is 19.3. The molecule has 1 aromatic heterocycles. The number of nitro groups is 1. The number of aryl methyl sites for hydroxylation is 1.